The first-order valence-electron chi connectivity index (χ1n) is 5.70. The molecular formula is C12H16BrNO4S. The summed E-state index contributed by atoms with van der Waals surface area (Å²) in [6, 6.07) is 5.00. The number of benzene rings is 1. The fourth-order valence-electron chi connectivity index (χ4n) is 1.56. The fraction of sp³-hybridized carbons (Fsp3) is 0.417. The van der Waals surface area contributed by atoms with Gasteiger partial charge in [-0.25, -0.2) is 13.1 Å². The third kappa shape index (κ3) is 4.93. The van der Waals surface area contributed by atoms with E-state index in [1.807, 2.05) is 0 Å². The van der Waals surface area contributed by atoms with Crippen LogP contribution in [0.5, 0.6) is 0 Å². The molecule has 7 heteroatoms. The predicted molar refractivity (Wildman–Crippen MR) is 75.5 cm³/mol. The Labute approximate surface area is 121 Å². The topological polar surface area (TPSA) is 83.5 Å². The van der Waals surface area contributed by atoms with E-state index in [2.05, 4.69) is 20.7 Å². The zero-order valence-electron chi connectivity index (χ0n) is 10.7. The van der Waals surface area contributed by atoms with Crippen molar-refractivity contribution in [1.82, 2.24) is 4.72 Å². The van der Waals surface area contributed by atoms with Gasteiger partial charge in [-0.1, -0.05) is 28.9 Å². The van der Waals surface area contributed by atoms with Crippen LogP contribution in [0.3, 0.4) is 0 Å². The summed E-state index contributed by atoms with van der Waals surface area (Å²) >= 11 is 3.23. The summed E-state index contributed by atoms with van der Waals surface area (Å²) < 4.78 is 27.3. The average Bonchev–Trinajstić information content (AvgIpc) is 2.29. The summed E-state index contributed by atoms with van der Waals surface area (Å²) in [7, 11) is -3.62. The second-order valence-corrected chi connectivity index (χ2v) is 7.12. The van der Waals surface area contributed by atoms with Crippen molar-refractivity contribution < 1.29 is 18.3 Å². The van der Waals surface area contributed by atoms with Gasteiger partial charge < -0.3 is 5.11 Å². The highest BCUT2D eigenvalue weighted by Crippen LogP contribution is 2.20. The third-order valence-corrected chi connectivity index (χ3v) is 4.64. The lowest BCUT2D eigenvalue weighted by Gasteiger charge is -2.12. The van der Waals surface area contributed by atoms with Gasteiger partial charge in [0, 0.05) is 17.4 Å². The number of nitrogens with one attached hydrogen (secondary N) is 1. The van der Waals surface area contributed by atoms with E-state index in [-0.39, 0.29) is 23.8 Å². The van der Waals surface area contributed by atoms with E-state index in [9.17, 15) is 13.2 Å². The van der Waals surface area contributed by atoms with Crippen LogP contribution < -0.4 is 4.72 Å². The van der Waals surface area contributed by atoms with Crippen LogP contribution >= 0.6 is 15.9 Å². The molecular weight excluding hydrogens is 334 g/mol. The first-order valence-corrected chi connectivity index (χ1v) is 7.97. The largest absolute Gasteiger partial charge is 0.481 e. The van der Waals surface area contributed by atoms with Crippen LogP contribution in [-0.4, -0.2) is 26.0 Å². The van der Waals surface area contributed by atoms with E-state index in [1.54, 1.807) is 26.0 Å². The minimum absolute atomic E-state index is 0.0695. The second-order valence-electron chi connectivity index (χ2n) is 4.46. The summed E-state index contributed by atoms with van der Waals surface area (Å²) in [4.78, 5) is 10.7. The minimum atomic E-state index is -3.62. The van der Waals surface area contributed by atoms with Crippen molar-refractivity contribution >= 4 is 31.9 Å². The van der Waals surface area contributed by atoms with E-state index in [0.29, 0.717) is 10.0 Å². The number of hydrogen-bond donors (Lipinski definition) is 2. The van der Waals surface area contributed by atoms with Gasteiger partial charge in [-0.3, -0.25) is 4.79 Å². The SMILES string of the molecule is Cc1ccc(Br)cc1S(=O)(=O)NCC(C)CC(=O)O. The Balaban J connectivity index is 2.81. The lowest BCUT2D eigenvalue weighted by Crippen LogP contribution is -2.29. The van der Waals surface area contributed by atoms with Crippen LogP contribution in [0.25, 0.3) is 0 Å². The van der Waals surface area contributed by atoms with Crippen molar-refractivity contribution in [3.05, 3.63) is 28.2 Å². The van der Waals surface area contributed by atoms with E-state index in [1.165, 1.54) is 6.07 Å². The van der Waals surface area contributed by atoms with Crippen LogP contribution in [-0.2, 0) is 14.8 Å². The predicted octanol–water partition coefficient (Wildman–Crippen LogP) is 2.15. The van der Waals surface area contributed by atoms with Gasteiger partial charge in [0.25, 0.3) is 0 Å². The maximum absolute atomic E-state index is 12.1. The standard InChI is InChI=1S/C12H16BrNO4S/c1-8(5-12(15)16)7-14-19(17,18)11-6-10(13)4-3-9(11)2/h3-4,6,8,14H,5,7H2,1-2H3,(H,15,16). The number of sulfonamides is 1. The van der Waals surface area contributed by atoms with Crippen LogP contribution in [0.2, 0.25) is 0 Å². The van der Waals surface area contributed by atoms with Crippen LogP contribution in [0.4, 0.5) is 0 Å². The van der Waals surface area contributed by atoms with Crippen molar-refractivity contribution in [1.29, 1.82) is 0 Å². The molecule has 0 aromatic heterocycles. The van der Waals surface area contributed by atoms with Crippen molar-refractivity contribution in [3.63, 3.8) is 0 Å². The molecule has 0 aliphatic rings. The molecule has 1 atom stereocenters. The highest BCUT2D eigenvalue weighted by Gasteiger charge is 2.18. The Hall–Kier alpha value is -0.920. The first-order chi connectivity index (χ1) is 8.72. The Kier molecular flexibility index (Phi) is 5.51. The molecule has 5 nitrogen and oxygen atoms in total. The molecule has 0 radical (unpaired) electrons. The molecule has 0 aliphatic carbocycles. The van der Waals surface area contributed by atoms with Gasteiger partial charge in [0.05, 0.1) is 4.90 Å². The van der Waals surface area contributed by atoms with Gasteiger partial charge in [-0.05, 0) is 30.5 Å². The molecule has 0 saturated heterocycles. The summed E-state index contributed by atoms with van der Waals surface area (Å²) in [5, 5.41) is 8.63. The Morgan fingerprint density at radius 1 is 1.47 bits per heavy atom. The molecule has 0 bridgehead atoms. The van der Waals surface area contributed by atoms with E-state index in [4.69, 9.17) is 5.11 Å². The summed E-state index contributed by atoms with van der Waals surface area (Å²) in [6.45, 7) is 3.49. The number of carboxylic acid groups (broad SMARTS) is 1. The van der Waals surface area contributed by atoms with Gasteiger partial charge in [0.2, 0.25) is 10.0 Å². The number of aryl methyl sites for hydroxylation is 1. The Morgan fingerprint density at radius 3 is 2.68 bits per heavy atom. The highest BCUT2D eigenvalue weighted by atomic mass is 79.9. The maximum atomic E-state index is 12.1. The van der Waals surface area contributed by atoms with Crippen LogP contribution in [0.15, 0.2) is 27.6 Å². The highest BCUT2D eigenvalue weighted by molar-refractivity contribution is 9.10. The quantitative estimate of drug-likeness (QED) is 0.824. The molecule has 106 valence electrons. The number of carbonyl (C=O) groups is 1. The third-order valence-electron chi connectivity index (χ3n) is 2.58. The molecule has 1 rings (SSSR count). The summed E-state index contributed by atoms with van der Waals surface area (Å²) in [5.74, 6) is -1.20. The lowest BCUT2D eigenvalue weighted by molar-refractivity contribution is -0.137. The fourth-order valence-corrected chi connectivity index (χ4v) is 3.51. The van der Waals surface area contributed by atoms with Crippen LogP contribution in [0.1, 0.15) is 18.9 Å². The van der Waals surface area contributed by atoms with Gasteiger partial charge in [-0.2, -0.15) is 0 Å². The minimum Gasteiger partial charge on any atom is -0.481 e. The van der Waals surface area contributed by atoms with Gasteiger partial charge in [-0.15, -0.1) is 0 Å². The van der Waals surface area contributed by atoms with E-state index >= 15 is 0 Å². The monoisotopic (exact) mass is 349 g/mol. The normalized spacial score (nSPS) is 13.2. The molecule has 0 saturated carbocycles. The Bertz CT molecular complexity index is 571. The number of aliphatic carboxylic acids is 1. The molecule has 1 unspecified atom stereocenters. The van der Waals surface area contributed by atoms with Gasteiger partial charge >= 0.3 is 5.97 Å². The Morgan fingerprint density at radius 2 is 2.11 bits per heavy atom. The van der Waals surface area contributed by atoms with Crippen molar-refractivity contribution in [2.45, 2.75) is 25.2 Å². The molecule has 1 aromatic rings. The molecule has 2 N–H and O–H groups in total. The second kappa shape index (κ2) is 6.49. The molecule has 19 heavy (non-hydrogen) atoms. The maximum Gasteiger partial charge on any atom is 0.303 e. The lowest BCUT2D eigenvalue weighted by atomic mass is 10.1. The van der Waals surface area contributed by atoms with Crippen LogP contribution in [0, 0.1) is 12.8 Å². The van der Waals surface area contributed by atoms with E-state index in [0.717, 1.165) is 0 Å². The number of halogens is 1. The molecule has 0 fully saturated rings. The van der Waals surface area contributed by atoms with Crippen molar-refractivity contribution in [2.75, 3.05) is 6.54 Å². The molecule has 0 aliphatic heterocycles. The molecule has 1 aromatic carbocycles. The van der Waals surface area contributed by atoms with Gasteiger partial charge in [0.15, 0.2) is 0 Å². The zero-order valence-corrected chi connectivity index (χ0v) is 13.1. The molecule has 0 spiro atoms. The number of hydrogen-bond acceptors (Lipinski definition) is 3. The number of rotatable bonds is 6. The summed E-state index contributed by atoms with van der Waals surface area (Å²) in [5.41, 5.74) is 0.640. The number of carboxylic acids is 1. The molecule has 0 amide bonds. The van der Waals surface area contributed by atoms with Crippen molar-refractivity contribution in [3.8, 4) is 0 Å². The van der Waals surface area contributed by atoms with E-state index < -0.39 is 16.0 Å². The zero-order chi connectivity index (χ0) is 14.6. The average molecular weight is 350 g/mol. The first kappa shape index (κ1) is 16.1. The smallest absolute Gasteiger partial charge is 0.303 e. The molecule has 0 heterocycles. The summed E-state index contributed by atoms with van der Waals surface area (Å²) in [6.07, 6.45) is -0.0695. The van der Waals surface area contributed by atoms with Crippen molar-refractivity contribution in [2.24, 2.45) is 5.92 Å². The van der Waals surface area contributed by atoms with Gasteiger partial charge in [0.1, 0.15) is 0 Å².